The summed E-state index contributed by atoms with van der Waals surface area (Å²) in [5.74, 6) is -0.881. The van der Waals surface area contributed by atoms with Crippen molar-refractivity contribution >= 4 is 17.6 Å². The molecule has 1 aromatic carbocycles. The SMILES string of the molecule is Cc1cc(Nc2ccc(F)c(C[C@@]3(C(=O)O)CCN([C@@H](C)c4ccccc4C(F)(F)F)[C@H](C)C3)n2)n[nH]1. The lowest BCUT2D eigenvalue weighted by atomic mass is 9.71. The molecule has 2 aromatic heterocycles. The predicted octanol–water partition coefficient (Wildman–Crippen LogP) is 5.87. The van der Waals surface area contributed by atoms with E-state index in [-0.39, 0.29) is 43.1 Å². The molecule has 7 nitrogen and oxygen atoms in total. The number of carboxylic acids is 1. The van der Waals surface area contributed by atoms with Crippen LogP contribution in [0.15, 0.2) is 42.5 Å². The van der Waals surface area contributed by atoms with Crippen LogP contribution < -0.4 is 5.32 Å². The second kappa shape index (κ2) is 10.1. The van der Waals surface area contributed by atoms with E-state index >= 15 is 0 Å². The first kappa shape index (κ1) is 26.6. The number of H-pyrrole nitrogens is 1. The number of carboxylic acid groups (broad SMARTS) is 1. The Morgan fingerprint density at radius 3 is 2.62 bits per heavy atom. The van der Waals surface area contributed by atoms with Gasteiger partial charge in [-0.15, -0.1) is 0 Å². The first-order valence-corrected chi connectivity index (χ1v) is 12.0. The molecule has 37 heavy (non-hydrogen) atoms. The number of nitrogens with zero attached hydrogens (tertiary/aromatic N) is 3. The van der Waals surface area contributed by atoms with Crippen molar-refractivity contribution in [1.82, 2.24) is 20.1 Å². The lowest BCUT2D eigenvalue weighted by Crippen LogP contribution is -2.51. The number of aromatic amines is 1. The van der Waals surface area contributed by atoms with E-state index in [0.717, 1.165) is 11.8 Å². The van der Waals surface area contributed by atoms with Gasteiger partial charge in [0.1, 0.15) is 11.6 Å². The third-order valence-corrected chi connectivity index (χ3v) is 7.15. The summed E-state index contributed by atoms with van der Waals surface area (Å²) in [4.78, 5) is 18.7. The first-order chi connectivity index (χ1) is 17.4. The lowest BCUT2D eigenvalue weighted by Gasteiger charge is -2.46. The second-order valence-electron chi connectivity index (χ2n) is 9.75. The zero-order valence-electron chi connectivity index (χ0n) is 20.7. The Kier molecular flexibility index (Phi) is 7.27. The molecule has 1 saturated heterocycles. The molecule has 198 valence electrons. The van der Waals surface area contributed by atoms with Gasteiger partial charge in [-0.2, -0.15) is 18.3 Å². The van der Waals surface area contributed by atoms with Crippen LogP contribution in [0.1, 0.15) is 55.2 Å². The Labute approximate surface area is 211 Å². The fourth-order valence-corrected chi connectivity index (χ4v) is 5.26. The van der Waals surface area contributed by atoms with Crippen molar-refractivity contribution in [2.75, 3.05) is 11.9 Å². The largest absolute Gasteiger partial charge is 0.481 e. The Bertz CT molecular complexity index is 1280. The molecule has 3 atom stereocenters. The monoisotopic (exact) mass is 519 g/mol. The number of aryl methyl sites for hydroxylation is 1. The van der Waals surface area contributed by atoms with Crippen LogP contribution in [0.2, 0.25) is 0 Å². The molecule has 0 aliphatic carbocycles. The predicted molar refractivity (Wildman–Crippen MR) is 130 cm³/mol. The van der Waals surface area contributed by atoms with Crippen LogP contribution in [0.3, 0.4) is 0 Å². The van der Waals surface area contributed by atoms with Crippen LogP contribution in [0.25, 0.3) is 0 Å². The van der Waals surface area contributed by atoms with E-state index in [2.05, 4.69) is 20.5 Å². The highest BCUT2D eigenvalue weighted by Gasteiger charge is 2.47. The fourth-order valence-electron chi connectivity index (χ4n) is 5.26. The number of aromatic nitrogens is 3. The number of aliphatic carboxylic acids is 1. The maximum atomic E-state index is 14.8. The number of likely N-dealkylation sites (tertiary alicyclic amines) is 1. The molecule has 0 radical (unpaired) electrons. The van der Waals surface area contributed by atoms with Gasteiger partial charge in [-0.1, -0.05) is 18.2 Å². The molecule has 0 bridgehead atoms. The number of pyridine rings is 1. The lowest BCUT2D eigenvalue weighted by molar-refractivity contribution is -0.154. The summed E-state index contributed by atoms with van der Waals surface area (Å²) in [7, 11) is 0. The molecule has 1 aliphatic rings. The van der Waals surface area contributed by atoms with Crippen LogP contribution in [0.4, 0.5) is 29.2 Å². The maximum absolute atomic E-state index is 14.8. The number of halogens is 4. The molecule has 11 heteroatoms. The van der Waals surface area contributed by atoms with Crippen LogP contribution in [0.5, 0.6) is 0 Å². The fraction of sp³-hybridized carbons (Fsp3) is 0.423. The molecule has 3 heterocycles. The van der Waals surface area contributed by atoms with E-state index in [9.17, 15) is 27.5 Å². The Morgan fingerprint density at radius 2 is 2.00 bits per heavy atom. The molecular weight excluding hydrogens is 490 g/mol. The molecule has 0 amide bonds. The third-order valence-electron chi connectivity index (χ3n) is 7.15. The van der Waals surface area contributed by atoms with Crippen molar-refractivity contribution in [3.8, 4) is 0 Å². The van der Waals surface area contributed by atoms with E-state index < -0.39 is 35.0 Å². The average Bonchev–Trinajstić information content (AvgIpc) is 3.24. The summed E-state index contributed by atoms with van der Waals surface area (Å²) >= 11 is 0. The highest BCUT2D eigenvalue weighted by atomic mass is 19.4. The number of piperidine rings is 1. The van der Waals surface area contributed by atoms with E-state index in [4.69, 9.17) is 0 Å². The van der Waals surface area contributed by atoms with Crippen molar-refractivity contribution in [2.24, 2.45) is 5.41 Å². The summed E-state index contributed by atoms with van der Waals surface area (Å²) in [6.45, 7) is 5.56. The molecule has 1 fully saturated rings. The number of hydrogen-bond acceptors (Lipinski definition) is 5. The highest BCUT2D eigenvalue weighted by Crippen LogP contribution is 2.43. The van der Waals surface area contributed by atoms with Gasteiger partial charge in [-0.05, 0) is 57.4 Å². The number of nitrogens with one attached hydrogen (secondary N) is 2. The van der Waals surface area contributed by atoms with E-state index in [1.54, 1.807) is 26.0 Å². The quantitative estimate of drug-likeness (QED) is 0.338. The van der Waals surface area contributed by atoms with Gasteiger partial charge >= 0.3 is 12.1 Å². The molecule has 0 spiro atoms. The summed E-state index contributed by atoms with van der Waals surface area (Å²) in [5.41, 5.74) is -1.04. The smallest absolute Gasteiger partial charge is 0.416 e. The molecule has 0 unspecified atom stereocenters. The van der Waals surface area contributed by atoms with Gasteiger partial charge in [0.15, 0.2) is 5.82 Å². The minimum atomic E-state index is -4.49. The van der Waals surface area contributed by atoms with Gasteiger partial charge < -0.3 is 10.4 Å². The zero-order valence-corrected chi connectivity index (χ0v) is 20.7. The van der Waals surface area contributed by atoms with Gasteiger partial charge in [0.25, 0.3) is 0 Å². The minimum absolute atomic E-state index is 0.00998. The summed E-state index contributed by atoms with van der Waals surface area (Å²) in [6, 6.07) is 8.91. The van der Waals surface area contributed by atoms with Crippen molar-refractivity contribution in [1.29, 1.82) is 0 Å². The van der Waals surface area contributed by atoms with Crippen molar-refractivity contribution in [2.45, 2.75) is 58.3 Å². The van der Waals surface area contributed by atoms with Gasteiger partial charge in [-0.3, -0.25) is 14.8 Å². The van der Waals surface area contributed by atoms with Gasteiger partial charge in [0, 0.05) is 36.8 Å². The van der Waals surface area contributed by atoms with Crippen LogP contribution >= 0.6 is 0 Å². The normalized spacial score (nSPS) is 21.5. The number of anilines is 2. The Balaban J connectivity index is 1.55. The highest BCUT2D eigenvalue weighted by molar-refractivity contribution is 5.75. The molecule has 1 aliphatic heterocycles. The number of rotatable bonds is 7. The average molecular weight is 520 g/mol. The number of alkyl halides is 3. The van der Waals surface area contributed by atoms with Crippen LogP contribution in [0, 0.1) is 18.2 Å². The van der Waals surface area contributed by atoms with Gasteiger partial charge in [-0.25, -0.2) is 9.37 Å². The summed E-state index contributed by atoms with van der Waals surface area (Å²) < 4.78 is 55.6. The molecule has 3 aromatic rings. The standard InChI is InChI=1S/C26H29F4N5O2/c1-15-12-23(34-33-15)32-22-9-8-20(27)21(31-22)14-25(24(36)37)10-11-35(16(2)13-25)17(3)18-6-4-5-7-19(18)26(28,29)30/h4-9,12,16-17H,10-11,13-14H2,1-3H3,(H,36,37)(H2,31,32,33,34)/t16-,17+,25-/m1/s1. The minimum Gasteiger partial charge on any atom is -0.481 e. The first-order valence-electron chi connectivity index (χ1n) is 12.0. The summed E-state index contributed by atoms with van der Waals surface area (Å²) in [5, 5.41) is 20.0. The summed E-state index contributed by atoms with van der Waals surface area (Å²) in [6.07, 6.45) is -4.36. The van der Waals surface area contributed by atoms with Crippen LogP contribution in [-0.2, 0) is 17.4 Å². The number of carbonyl (C=O) groups is 1. The third kappa shape index (κ3) is 5.61. The van der Waals surface area contributed by atoms with Crippen molar-refractivity contribution in [3.63, 3.8) is 0 Å². The van der Waals surface area contributed by atoms with E-state index in [1.165, 1.54) is 24.3 Å². The Morgan fingerprint density at radius 1 is 1.27 bits per heavy atom. The van der Waals surface area contributed by atoms with E-state index in [0.29, 0.717) is 11.6 Å². The molecular formula is C26H29F4N5O2. The number of benzene rings is 1. The zero-order chi connectivity index (χ0) is 27.0. The van der Waals surface area contributed by atoms with Crippen molar-refractivity contribution in [3.05, 3.63) is 70.8 Å². The van der Waals surface area contributed by atoms with E-state index in [1.807, 2.05) is 11.8 Å². The number of hydrogen-bond donors (Lipinski definition) is 3. The Hall–Kier alpha value is -3.47. The van der Waals surface area contributed by atoms with Gasteiger partial charge in [0.05, 0.1) is 16.7 Å². The molecule has 0 saturated carbocycles. The second-order valence-corrected chi connectivity index (χ2v) is 9.75. The maximum Gasteiger partial charge on any atom is 0.416 e. The van der Waals surface area contributed by atoms with Crippen LogP contribution in [-0.4, -0.2) is 43.7 Å². The van der Waals surface area contributed by atoms with Gasteiger partial charge in [0.2, 0.25) is 0 Å². The topological polar surface area (TPSA) is 94.1 Å². The molecule has 4 rings (SSSR count). The molecule has 3 N–H and O–H groups in total. The van der Waals surface area contributed by atoms with Crippen molar-refractivity contribution < 1.29 is 27.5 Å².